The fourth-order valence-corrected chi connectivity index (χ4v) is 5.13. The molecule has 3 fully saturated rings. The highest BCUT2D eigenvalue weighted by Crippen LogP contribution is 2.63. The van der Waals surface area contributed by atoms with Crippen molar-refractivity contribution in [1.82, 2.24) is 5.32 Å². The van der Waals surface area contributed by atoms with Gasteiger partial charge in [-0.15, -0.1) is 11.3 Å². The van der Waals surface area contributed by atoms with Crippen molar-refractivity contribution in [3.63, 3.8) is 0 Å². The van der Waals surface area contributed by atoms with Crippen LogP contribution in [0.2, 0.25) is 0 Å². The third-order valence-electron chi connectivity index (χ3n) is 5.44. The van der Waals surface area contributed by atoms with Gasteiger partial charge in [-0.3, -0.25) is 0 Å². The smallest absolute Gasteiger partial charge is 0.0690 e. The maximum atomic E-state index is 5.97. The number of hydrogen-bond donors (Lipinski definition) is 1. The molecule has 4 unspecified atom stereocenters. The Bertz CT molecular complexity index is 426. The molecule has 2 nitrogen and oxygen atoms in total. The molecular formula is C15H21NOS. The molecule has 2 aliphatic carbocycles. The Morgan fingerprint density at radius 3 is 3.06 bits per heavy atom. The summed E-state index contributed by atoms with van der Waals surface area (Å²) >= 11 is 1.86. The maximum Gasteiger partial charge on any atom is 0.0690 e. The monoisotopic (exact) mass is 263 g/mol. The third-order valence-corrected chi connectivity index (χ3v) is 6.49. The molecule has 1 N–H and O–H groups in total. The summed E-state index contributed by atoms with van der Waals surface area (Å²) in [5, 5.41) is 6.09. The van der Waals surface area contributed by atoms with Crippen LogP contribution in [0.5, 0.6) is 0 Å². The predicted molar refractivity (Wildman–Crippen MR) is 73.8 cm³/mol. The molecule has 1 spiro atoms. The second-order valence-corrected chi connectivity index (χ2v) is 7.19. The Morgan fingerprint density at radius 1 is 1.50 bits per heavy atom. The Hall–Kier alpha value is -0.380. The highest BCUT2D eigenvalue weighted by molar-refractivity contribution is 7.10. The van der Waals surface area contributed by atoms with Crippen LogP contribution in [0.4, 0.5) is 0 Å². The summed E-state index contributed by atoms with van der Waals surface area (Å²) in [6.07, 6.45) is 6.00. The van der Waals surface area contributed by atoms with E-state index in [2.05, 4.69) is 29.8 Å². The average Bonchev–Trinajstić information content (AvgIpc) is 2.93. The van der Waals surface area contributed by atoms with E-state index in [-0.39, 0.29) is 0 Å². The number of rotatable bonds is 3. The molecule has 0 bridgehead atoms. The molecule has 2 heterocycles. The number of nitrogens with one attached hydrogen (secondary N) is 1. The number of hydrogen-bond acceptors (Lipinski definition) is 3. The molecule has 0 amide bonds. The van der Waals surface area contributed by atoms with Crippen molar-refractivity contribution in [2.24, 2.45) is 11.3 Å². The van der Waals surface area contributed by atoms with Gasteiger partial charge in [-0.05, 0) is 37.6 Å². The zero-order valence-corrected chi connectivity index (χ0v) is 11.7. The largest absolute Gasteiger partial charge is 0.377 e. The van der Waals surface area contributed by atoms with Crippen LogP contribution >= 0.6 is 11.3 Å². The van der Waals surface area contributed by atoms with E-state index in [0.29, 0.717) is 23.6 Å². The van der Waals surface area contributed by atoms with Crippen LogP contribution in [0.1, 0.15) is 43.5 Å². The molecule has 0 radical (unpaired) electrons. The van der Waals surface area contributed by atoms with E-state index in [4.69, 9.17) is 4.74 Å². The average molecular weight is 263 g/mol. The van der Waals surface area contributed by atoms with Gasteiger partial charge in [0.15, 0.2) is 0 Å². The van der Waals surface area contributed by atoms with Crippen molar-refractivity contribution in [2.75, 3.05) is 6.61 Å². The molecule has 3 heteroatoms. The van der Waals surface area contributed by atoms with Crippen LogP contribution in [-0.2, 0) is 4.74 Å². The highest BCUT2D eigenvalue weighted by Gasteiger charge is 2.66. The standard InChI is InChI=1S/C15H21NOS/c1-10(12-4-2-9-18-12)16-13-11-5-8-17-14(11)15(13)6-3-7-15/h2,4,9-11,13-14,16H,3,5-8H2,1H3. The molecule has 1 aromatic rings. The summed E-state index contributed by atoms with van der Waals surface area (Å²) in [7, 11) is 0. The van der Waals surface area contributed by atoms with Crippen molar-refractivity contribution in [3.8, 4) is 0 Å². The molecule has 1 aliphatic heterocycles. The normalized spacial score (nSPS) is 37.9. The SMILES string of the molecule is CC(NC1C2CCOC2C12CCC2)c1cccs1. The van der Waals surface area contributed by atoms with E-state index in [0.717, 1.165) is 12.5 Å². The molecular weight excluding hydrogens is 242 g/mol. The van der Waals surface area contributed by atoms with Crippen LogP contribution in [-0.4, -0.2) is 18.8 Å². The van der Waals surface area contributed by atoms with E-state index >= 15 is 0 Å². The van der Waals surface area contributed by atoms with E-state index in [9.17, 15) is 0 Å². The molecule has 4 atom stereocenters. The molecule has 2 saturated carbocycles. The summed E-state index contributed by atoms with van der Waals surface area (Å²) in [6, 6.07) is 5.60. The molecule has 98 valence electrons. The molecule has 1 saturated heterocycles. The molecule has 18 heavy (non-hydrogen) atoms. The first kappa shape index (κ1) is 11.4. The molecule has 3 aliphatic rings. The second-order valence-electron chi connectivity index (χ2n) is 6.21. The minimum absolute atomic E-state index is 0.494. The summed E-state index contributed by atoms with van der Waals surface area (Å²) in [5.74, 6) is 0.785. The van der Waals surface area contributed by atoms with Gasteiger partial charge in [-0.1, -0.05) is 12.5 Å². The van der Waals surface area contributed by atoms with E-state index < -0.39 is 0 Å². The Labute approximate surface area is 113 Å². The van der Waals surface area contributed by atoms with Crippen LogP contribution < -0.4 is 5.32 Å². The molecule has 0 aromatic carbocycles. The number of fused-ring (bicyclic) bond motifs is 2. The zero-order valence-electron chi connectivity index (χ0n) is 10.9. The number of ether oxygens (including phenoxy) is 1. The zero-order chi connectivity index (χ0) is 12.2. The fourth-order valence-electron chi connectivity index (χ4n) is 4.38. The van der Waals surface area contributed by atoms with Gasteiger partial charge < -0.3 is 10.1 Å². The van der Waals surface area contributed by atoms with Crippen molar-refractivity contribution in [1.29, 1.82) is 0 Å². The van der Waals surface area contributed by atoms with Gasteiger partial charge in [-0.25, -0.2) is 0 Å². The van der Waals surface area contributed by atoms with Crippen LogP contribution in [0.15, 0.2) is 17.5 Å². The summed E-state index contributed by atoms with van der Waals surface area (Å²) < 4.78 is 5.97. The lowest BCUT2D eigenvalue weighted by atomic mass is 9.46. The van der Waals surface area contributed by atoms with Gasteiger partial charge in [0.2, 0.25) is 0 Å². The molecule has 1 aromatic heterocycles. The lowest BCUT2D eigenvalue weighted by Crippen LogP contribution is -2.71. The predicted octanol–water partition coefficient (Wildman–Crippen LogP) is 3.36. The van der Waals surface area contributed by atoms with Crippen molar-refractivity contribution in [3.05, 3.63) is 22.4 Å². The maximum absolute atomic E-state index is 5.97. The second kappa shape index (κ2) is 4.06. The van der Waals surface area contributed by atoms with Gasteiger partial charge in [0.1, 0.15) is 0 Å². The van der Waals surface area contributed by atoms with Crippen LogP contribution in [0.3, 0.4) is 0 Å². The van der Waals surface area contributed by atoms with Gasteiger partial charge in [0.25, 0.3) is 0 Å². The topological polar surface area (TPSA) is 21.3 Å². The summed E-state index contributed by atoms with van der Waals surface area (Å²) in [4.78, 5) is 1.46. The summed E-state index contributed by atoms with van der Waals surface area (Å²) in [6.45, 7) is 3.30. The van der Waals surface area contributed by atoms with Gasteiger partial charge in [0, 0.05) is 34.9 Å². The first-order valence-electron chi connectivity index (χ1n) is 7.22. The lowest BCUT2D eigenvalue weighted by Gasteiger charge is -2.64. The van der Waals surface area contributed by atoms with Gasteiger partial charge >= 0.3 is 0 Å². The first-order valence-corrected chi connectivity index (χ1v) is 8.10. The minimum Gasteiger partial charge on any atom is -0.377 e. The Morgan fingerprint density at radius 2 is 2.39 bits per heavy atom. The van der Waals surface area contributed by atoms with Gasteiger partial charge in [-0.2, -0.15) is 0 Å². The quantitative estimate of drug-likeness (QED) is 0.903. The van der Waals surface area contributed by atoms with Crippen molar-refractivity contribution < 1.29 is 4.74 Å². The van der Waals surface area contributed by atoms with E-state index in [1.54, 1.807) is 0 Å². The molecule has 4 rings (SSSR count). The fraction of sp³-hybridized carbons (Fsp3) is 0.733. The van der Waals surface area contributed by atoms with Crippen LogP contribution in [0.25, 0.3) is 0 Å². The van der Waals surface area contributed by atoms with E-state index in [1.807, 2.05) is 11.3 Å². The third kappa shape index (κ3) is 1.41. The minimum atomic E-state index is 0.494. The van der Waals surface area contributed by atoms with Crippen molar-refractivity contribution in [2.45, 2.75) is 50.8 Å². The van der Waals surface area contributed by atoms with Crippen LogP contribution in [0, 0.1) is 11.3 Å². The number of thiophene rings is 1. The lowest BCUT2D eigenvalue weighted by molar-refractivity contribution is -0.178. The van der Waals surface area contributed by atoms with E-state index in [1.165, 1.54) is 30.6 Å². The summed E-state index contributed by atoms with van der Waals surface area (Å²) in [5.41, 5.74) is 0.507. The highest BCUT2D eigenvalue weighted by atomic mass is 32.1. The Kier molecular flexibility index (Phi) is 2.58. The van der Waals surface area contributed by atoms with Gasteiger partial charge in [0.05, 0.1) is 6.10 Å². The first-order chi connectivity index (χ1) is 8.81. The van der Waals surface area contributed by atoms with Crippen molar-refractivity contribution >= 4 is 11.3 Å². The Balaban J connectivity index is 1.51.